The number of fused-ring (bicyclic) bond motifs is 1. The maximum Gasteiger partial charge on any atom is 0.123 e. The molecular weight excluding hydrogens is 379 g/mol. The van der Waals surface area contributed by atoms with Crippen molar-refractivity contribution in [1.29, 1.82) is 0 Å². The average molecular weight is 395 g/mol. The fourth-order valence-electron chi connectivity index (χ4n) is 3.04. The standard InChI is InChI=1S/C21H16BrFN2/c22-16-9-5-14(6-10-16)20-13-21(15-7-11-17(23)12-8-15)25-19-4-2-1-3-18(19)24-20/h1-12,21,25H,13H2. The third-order valence-electron chi connectivity index (χ3n) is 4.34. The summed E-state index contributed by atoms with van der Waals surface area (Å²) in [4.78, 5) is 4.90. The average Bonchev–Trinajstić information content (AvgIpc) is 2.82. The normalized spacial score (nSPS) is 16.4. The second kappa shape index (κ2) is 6.81. The van der Waals surface area contributed by atoms with Gasteiger partial charge in [-0.2, -0.15) is 0 Å². The highest BCUT2D eigenvalue weighted by atomic mass is 79.9. The largest absolute Gasteiger partial charge is 0.376 e. The maximum atomic E-state index is 13.3. The Labute approximate surface area is 154 Å². The van der Waals surface area contributed by atoms with Crippen molar-refractivity contribution in [1.82, 2.24) is 0 Å². The highest BCUT2D eigenvalue weighted by Gasteiger charge is 2.21. The Morgan fingerprint density at radius 3 is 2.40 bits per heavy atom. The van der Waals surface area contributed by atoms with Crippen molar-refractivity contribution in [2.24, 2.45) is 4.99 Å². The summed E-state index contributed by atoms with van der Waals surface area (Å²) in [6, 6.07) is 22.9. The van der Waals surface area contributed by atoms with Gasteiger partial charge in [-0.1, -0.05) is 52.3 Å². The fourth-order valence-corrected chi connectivity index (χ4v) is 3.30. The predicted molar refractivity (Wildman–Crippen MR) is 104 cm³/mol. The van der Waals surface area contributed by atoms with Crippen molar-refractivity contribution >= 4 is 33.0 Å². The van der Waals surface area contributed by atoms with Crippen LogP contribution in [-0.2, 0) is 0 Å². The molecule has 0 aliphatic carbocycles. The lowest BCUT2D eigenvalue weighted by Gasteiger charge is -2.19. The summed E-state index contributed by atoms with van der Waals surface area (Å²) < 4.78 is 14.3. The van der Waals surface area contributed by atoms with Crippen molar-refractivity contribution in [3.05, 3.63) is 94.2 Å². The first-order valence-corrected chi connectivity index (χ1v) is 8.93. The van der Waals surface area contributed by atoms with Crippen LogP contribution in [0.5, 0.6) is 0 Å². The molecule has 1 atom stereocenters. The molecule has 0 aromatic heterocycles. The van der Waals surface area contributed by atoms with Gasteiger partial charge in [0.05, 0.1) is 23.1 Å². The van der Waals surface area contributed by atoms with E-state index < -0.39 is 0 Å². The van der Waals surface area contributed by atoms with E-state index in [2.05, 4.69) is 33.4 Å². The molecule has 1 heterocycles. The van der Waals surface area contributed by atoms with Gasteiger partial charge in [-0.25, -0.2) is 4.39 Å². The molecule has 4 rings (SSSR count). The lowest BCUT2D eigenvalue weighted by molar-refractivity contribution is 0.626. The molecule has 3 aromatic carbocycles. The van der Waals surface area contributed by atoms with Crippen molar-refractivity contribution in [3.63, 3.8) is 0 Å². The predicted octanol–water partition coefficient (Wildman–Crippen LogP) is 6.27. The third-order valence-corrected chi connectivity index (χ3v) is 4.87. The molecule has 1 aliphatic heterocycles. The Morgan fingerprint density at radius 2 is 1.64 bits per heavy atom. The number of hydrogen-bond donors (Lipinski definition) is 1. The Morgan fingerprint density at radius 1 is 0.920 bits per heavy atom. The smallest absolute Gasteiger partial charge is 0.123 e. The van der Waals surface area contributed by atoms with Gasteiger partial charge in [-0.05, 0) is 47.5 Å². The Bertz CT molecular complexity index is 917. The van der Waals surface area contributed by atoms with Crippen LogP contribution in [0.2, 0.25) is 0 Å². The summed E-state index contributed by atoms with van der Waals surface area (Å²) in [5.74, 6) is -0.223. The number of nitrogens with zero attached hydrogens (tertiary/aromatic N) is 1. The van der Waals surface area contributed by atoms with Crippen LogP contribution in [0.1, 0.15) is 23.6 Å². The van der Waals surface area contributed by atoms with Gasteiger partial charge >= 0.3 is 0 Å². The molecule has 124 valence electrons. The van der Waals surface area contributed by atoms with E-state index in [9.17, 15) is 4.39 Å². The molecule has 0 spiro atoms. The molecule has 3 aromatic rings. The van der Waals surface area contributed by atoms with Gasteiger partial charge < -0.3 is 5.32 Å². The molecule has 25 heavy (non-hydrogen) atoms. The van der Waals surface area contributed by atoms with Crippen LogP contribution in [0.15, 0.2) is 82.3 Å². The zero-order chi connectivity index (χ0) is 17.2. The molecule has 0 saturated heterocycles. The molecule has 0 amide bonds. The number of benzene rings is 3. The summed E-state index contributed by atoms with van der Waals surface area (Å²) in [5, 5.41) is 3.56. The summed E-state index contributed by atoms with van der Waals surface area (Å²) >= 11 is 3.48. The Hall–Kier alpha value is -2.46. The quantitative estimate of drug-likeness (QED) is 0.544. The molecule has 1 aliphatic rings. The van der Waals surface area contributed by atoms with Crippen LogP contribution < -0.4 is 5.32 Å². The van der Waals surface area contributed by atoms with E-state index in [4.69, 9.17) is 4.99 Å². The second-order valence-corrected chi connectivity index (χ2v) is 6.95. The molecule has 1 N–H and O–H groups in total. The van der Waals surface area contributed by atoms with Crippen molar-refractivity contribution in [2.75, 3.05) is 5.32 Å². The van der Waals surface area contributed by atoms with Crippen molar-refractivity contribution < 1.29 is 4.39 Å². The van der Waals surface area contributed by atoms with Gasteiger partial charge in [0.15, 0.2) is 0 Å². The lowest BCUT2D eigenvalue weighted by atomic mass is 9.97. The Kier molecular flexibility index (Phi) is 4.36. The van der Waals surface area contributed by atoms with E-state index in [-0.39, 0.29) is 11.9 Å². The molecular formula is C21H16BrFN2. The van der Waals surface area contributed by atoms with E-state index >= 15 is 0 Å². The molecule has 0 bridgehead atoms. The molecule has 2 nitrogen and oxygen atoms in total. The number of nitrogens with one attached hydrogen (secondary N) is 1. The summed E-state index contributed by atoms with van der Waals surface area (Å²) in [7, 11) is 0. The fraction of sp³-hybridized carbons (Fsp3) is 0.0952. The van der Waals surface area contributed by atoms with E-state index in [0.717, 1.165) is 39.1 Å². The summed E-state index contributed by atoms with van der Waals surface area (Å²) in [6.07, 6.45) is 0.724. The first-order valence-electron chi connectivity index (χ1n) is 8.13. The minimum Gasteiger partial charge on any atom is -0.376 e. The molecule has 0 fully saturated rings. The van der Waals surface area contributed by atoms with Crippen LogP contribution in [0.25, 0.3) is 0 Å². The Balaban J connectivity index is 1.78. The highest BCUT2D eigenvalue weighted by molar-refractivity contribution is 9.10. The minimum absolute atomic E-state index is 0.0339. The third kappa shape index (κ3) is 3.49. The van der Waals surface area contributed by atoms with E-state index in [1.807, 2.05) is 48.5 Å². The van der Waals surface area contributed by atoms with Crippen LogP contribution >= 0.6 is 15.9 Å². The molecule has 4 heteroatoms. The zero-order valence-corrected chi connectivity index (χ0v) is 15.0. The maximum absolute atomic E-state index is 13.3. The number of hydrogen-bond acceptors (Lipinski definition) is 2. The van der Waals surface area contributed by atoms with Crippen LogP contribution in [-0.4, -0.2) is 5.71 Å². The number of rotatable bonds is 2. The van der Waals surface area contributed by atoms with Gasteiger partial charge in [-0.3, -0.25) is 4.99 Å². The lowest BCUT2D eigenvalue weighted by Crippen LogP contribution is -2.14. The molecule has 0 radical (unpaired) electrons. The van der Waals surface area contributed by atoms with E-state index in [1.165, 1.54) is 12.1 Å². The highest BCUT2D eigenvalue weighted by Crippen LogP contribution is 2.35. The van der Waals surface area contributed by atoms with Crippen LogP contribution in [0.3, 0.4) is 0 Å². The number of aliphatic imine (C=N–C) groups is 1. The van der Waals surface area contributed by atoms with E-state index in [1.54, 1.807) is 0 Å². The second-order valence-electron chi connectivity index (χ2n) is 6.04. The van der Waals surface area contributed by atoms with Gasteiger partial charge in [0.25, 0.3) is 0 Å². The number of anilines is 1. The van der Waals surface area contributed by atoms with Gasteiger partial charge in [-0.15, -0.1) is 0 Å². The number of para-hydroxylation sites is 2. The van der Waals surface area contributed by atoms with Gasteiger partial charge in [0.1, 0.15) is 5.82 Å². The zero-order valence-electron chi connectivity index (χ0n) is 13.4. The van der Waals surface area contributed by atoms with Crippen LogP contribution in [0.4, 0.5) is 15.8 Å². The SMILES string of the molecule is Fc1ccc(C2CC(c3ccc(Br)cc3)=Nc3ccccc3N2)cc1. The molecule has 1 unspecified atom stereocenters. The van der Waals surface area contributed by atoms with Gasteiger partial charge in [0.2, 0.25) is 0 Å². The van der Waals surface area contributed by atoms with Crippen molar-refractivity contribution in [3.8, 4) is 0 Å². The van der Waals surface area contributed by atoms with Crippen molar-refractivity contribution in [2.45, 2.75) is 12.5 Å². The monoisotopic (exact) mass is 394 g/mol. The van der Waals surface area contributed by atoms with E-state index in [0.29, 0.717) is 0 Å². The number of halogens is 2. The first-order chi connectivity index (χ1) is 12.2. The first kappa shape index (κ1) is 16.0. The molecule has 0 saturated carbocycles. The van der Waals surface area contributed by atoms with Crippen LogP contribution in [0, 0.1) is 5.82 Å². The summed E-state index contributed by atoms with van der Waals surface area (Å²) in [6.45, 7) is 0. The topological polar surface area (TPSA) is 24.4 Å². The minimum atomic E-state index is -0.223. The van der Waals surface area contributed by atoms with Gasteiger partial charge in [0, 0.05) is 10.9 Å². The summed E-state index contributed by atoms with van der Waals surface area (Å²) in [5.41, 5.74) is 5.06.